The van der Waals surface area contributed by atoms with Gasteiger partial charge in [-0.15, -0.1) is 0 Å². The molecule has 12 heteroatoms. The number of rotatable bonds is 13. The third-order valence-electron chi connectivity index (χ3n) is 6.24. The van der Waals surface area contributed by atoms with Gasteiger partial charge in [-0.2, -0.15) is 0 Å². The number of hydrogen-bond acceptors (Lipinski definition) is 7. The second-order valence-corrected chi connectivity index (χ2v) is 11.4. The predicted molar refractivity (Wildman–Crippen MR) is 155 cm³/mol. The number of sulfonamides is 1. The minimum absolute atomic E-state index is 0.00574. The largest absolute Gasteiger partial charge is 0.497 e. The molecule has 0 unspecified atom stereocenters. The monoisotopic (exact) mass is 582 g/mol. The Balaban J connectivity index is 2.10. The second kappa shape index (κ2) is 13.8. The van der Waals surface area contributed by atoms with E-state index in [1.807, 2.05) is 0 Å². The Kier molecular flexibility index (Phi) is 10.4. The van der Waals surface area contributed by atoms with Gasteiger partial charge in [-0.1, -0.05) is 43.3 Å². The number of hydrogen-bond donors (Lipinski definition) is 1. The van der Waals surface area contributed by atoms with E-state index in [0.717, 1.165) is 10.4 Å². The molecule has 0 fully saturated rings. The molecule has 0 aliphatic carbocycles. The molecule has 0 heterocycles. The Morgan fingerprint density at radius 1 is 1.00 bits per heavy atom. The average Bonchev–Trinajstić information content (AvgIpc) is 2.95. The van der Waals surface area contributed by atoms with Crippen molar-refractivity contribution in [1.29, 1.82) is 0 Å². The fourth-order valence-electron chi connectivity index (χ4n) is 4.28. The van der Waals surface area contributed by atoms with E-state index >= 15 is 0 Å². The van der Waals surface area contributed by atoms with Crippen LogP contribution in [0, 0.1) is 10.1 Å². The van der Waals surface area contributed by atoms with Crippen molar-refractivity contribution in [3.8, 4) is 5.75 Å². The molecule has 3 aromatic rings. The number of nitro benzene ring substituents is 1. The van der Waals surface area contributed by atoms with Gasteiger partial charge in [-0.3, -0.25) is 24.0 Å². The van der Waals surface area contributed by atoms with Crippen LogP contribution in [0.5, 0.6) is 5.75 Å². The quantitative estimate of drug-likeness (QED) is 0.236. The minimum atomic E-state index is -4.34. The Labute approximate surface area is 239 Å². The van der Waals surface area contributed by atoms with Gasteiger partial charge in [-0.05, 0) is 56.2 Å². The molecule has 0 spiro atoms. The zero-order chi connectivity index (χ0) is 30.2. The molecular weight excluding hydrogens is 548 g/mol. The molecule has 0 saturated heterocycles. The lowest BCUT2D eigenvalue weighted by molar-refractivity contribution is -0.384. The van der Waals surface area contributed by atoms with Crippen molar-refractivity contribution in [1.82, 2.24) is 10.2 Å². The molecule has 218 valence electrons. The molecule has 0 aliphatic heterocycles. The molecule has 41 heavy (non-hydrogen) atoms. The molecule has 0 aromatic heterocycles. The summed E-state index contributed by atoms with van der Waals surface area (Å²) in [5.74, 6) is -0.490. The summed E-state index contributed by atoms with van der Waals surface area (Å²) < 4.78 is 33.8. The normalized spacial score (nSPS) is 11.9. The van der Waals surface area contributed by atoms with Gasteiger partial charge in [0.1, 0.15) is 18.3 Å². The van der Waals surface area contributed by atoms with Crippen LogP contribution in [0.15, 0.2) is 83.8 Å². The van der Waals surface area contributed by atoms with Gasteiger partial charge >= 0.3 is 0 Å². The van der Waals surface area contributed by atoms with Gasteiger partial charge < -0.3 is 15.0 Å². The Bertz CT molecular complexity index is 1480. The maximum Gasteiger partial charge on any atom is 0.271 e. The predicted octanol–water partition coefficient (Wildman–Crippen LogP) is 4.13. The lowest BCUT2D eigenvalue weighted by Gasteiger charge is -2.33. The van der Waals surface area contributed by atoms with Crippen LogP contribution < -0.4 is 14.4 Å². The van der Waals surface area contributed by atoms with E-state index in [0.29, 0.717) is 11.3 Å². The van der Waals surface area contributed by atoms with Crippen molar-refractivity contribution in [2.24, 2.45) is 0 Å². The van der Waals surface area contributed by atoms with Crippen LogP contribution in [-0.2, 0) is 26.2 Å². The number of nitro groups is 1. The number of ether oxygens (including phenoxy) is 1. The zero-order valence-corrected chi connectivity index (χ0v) is 24.2. The van der Waals surface area contributed by atoms with Crippen molar-refractivity contribution in [3.63, 3.8) is 0 Å². The summed E-state index contributed by atoms with van der Waals surface area (Å²) in [6, 6.07) is 18.5. The van der Waals surface area contributed by atoms with Gasteiger partial charge in [0.2, 0.25) is 11.8 Å². The fraction of sp³-hybridized carbons (Fsp3) is 0.310. The standard InChI is InChI=1S/C29H34N4O7S/c1-5-27(29(35)30-21(2)3)31(19-22-11-9-14-25(17-22)40-4)28(34)20-32(23-12-10-13-24(18-23)33(36)37)41(38,39)26-15-7-6-8-16-26/h6-18,21,27H,5,19-20H2,1-4H3,(H,30,35)/t27-/m1/s1. The molecule has 3 rings (SSSR count). The first-order chi connectivity index (χ1) is 19.5. The highest BCUT2D eigenvalue weighted by molar-refractivity contribution is 7.92. The Morgan fingerprint density at radius 3 is 2.29 bits per heavy atom. The first-order valence-electron chi connectivity index (χ1n) is 13.0. The van der Waals surface area contributed by atoms with Crippen molar-refractivity contribution < 1.29 is 27.7 Å². The maximum atomic E-state index is 14.0. The molecule has 0 saturated carbocycles. The number of carbonyl (C=O) groups excluding carboxylic acids is 2. The maximum absolute atomic E-state index is 14.0. The van der Waals surface area contributed by atoms with E-state index in [1.54, 1.807) is 63.2 Å². The van der Waals surface area contributed by atoms with Crippen LogP contribution >= 0.6 is 0 Å². The smallest absolute Gasteiger partial charge is 0.271 e. The molecule has 3 aromatic carbocycles. The molecule has 0 aliphatic rings. The van der Waals surface area contributed by atoms with Gasteiger partial charge in [0.25, 0.3) is 15.7 Å². The lowest BCUT2D eigenvalue weighted by atomic mass is 10.1. The molecule has 11 nitrogen and oxygen atoms in total. The van der Waals surface area contributed by atoms with Crippen molar-refractivity contribution >= 4 is 33.2 Å². The number of carbonyl (C=O) groups is 2. The van der Waals surface area contributed by atoms with Crippen LogP contribution in [0.25, 0.3) is 0 Å². The number of methoxy groups -OCH3 is 1. The van der Waals surface area contributed by atoms with E-state index in [2.05, 4.69) is 5.32 Å². The highest BCUT2D eigenvalue weighted by Crippen LogP contribution is 2.28. The molecular formula is C29H34N4O7S. The molecule has 1 atom stereocenters. The summed E-state index contributed by atoms with van der Waals surface area (Å²) in [6.07, 6.45) is 0.260. The van der Waals surface area contributed by atoms with Crippen LogP contribution in [0.3, 0.4) is 0 Å². The fourth-order valence-corrected chi connectivity index (χ4v) is 5.70. The lowest BCUT2D eigenvalue weighted by Crippen LogP contribution is -2.53. The number of anilines is 1. The first kappa shape index (κ1) is 31.1. The van der Waals surface area contributed by atoms with E-state index in [9.17, 15) is 28.1 Å². The third-order valence-corrected chi connectivity index (χ3v) is 8.03. The van der Waals surface area contributed by atoms with Gasteiger partial charge in [0.15, 0.2) is 0 Å². The number of amides is 2. The first-order valence-corrected chi connectivity index (χ1v) is 14.5. The minimum Gasteiger partial charge on any atom is -0.497 e. The summed E-state index contributed by atoms with van der Waals surface area (Å²) >= 11 is 0. The van der Waals surface area contributed by atoms with E-state index in [1.165, 1.54) is 42.3 Å². The van der Waals surface area contributed by atoms with Gasteiger partial charge in [0.05, 0.1) is 22.6 Å². The van der Waals surface area contributed by atoms with Crippen LogP contribution in [0.2, 0.25) is 0 Å². The number of non-ortho nitro benzene ring substituents is 1. The highest BCUT2D eigenvalue weighted by atomic mass is 32.2. The van der Waals surface area contributed by atoms with E-state index in [4.69, 9.17) is 4.74 Å². The van der Waals surface area contributed by atoms with E-state index < -0.39 is 33.4 Å². The Hall–Kier alpha value is -4.45. The Morgan fingerprint density at radius 2 is 1.68 bits per heavy atom. The molecule has 0 radical (unpaired) electrons. The summed E-state index contributed by atoms with van der Waals surface area (Å²) in [5, 5.41) is 14.3. The molecule has 1 N–H and O–H groups in total. The summed E-state index contributed by atoms with van der Waals surface area (Å²) in [4.78, 5) is 39.3. The third kappa shape index (κ3) is 7.82. The molecule has 0 bridgehead atoms. The van der Waals surface area contributed by atoms with Crippen molar-refractivity contribution in [2.75, 3.05) is 18.0 Å². The number of benzene rings is 3. The SMILES string of the molecule is CC[C@H](C(=O)NC(C)C)N(Cc1cccc(OC)c1)C(=O)CN(c1cccc([N+](=O)[O-])c1)S(=O)(=O)c1ccccc1. The van der Waals surface area contributed by atoms with Crippen LogP contribution in [0.1, 0.15) is 32.8 Å². The zero-order valence-electron chi connectivity index (χ0n) is 23.4. The van der Waals surface area contributed by atoms with Crippen molar-refractivity contribution in [2.45, 2.75) is 50.7 Å². The van der Waals surface area contributed by atoms with Crippen molar-refractivity contribution in [3.05, 3.63) is 94.5 Å². The molecule has 2 amide bonds. The second-order valence-electron chi connectivity index (χ2n) is 9.56. The van der Waals surface area contributed by atoms with E-state index in [-0.39, 0.29) is 41.2 Å². The average molecular weight is 583 g/mol. The number of nitrogens with one attached hydrogen (secondary N) is 1. The highest BCUT2D eigenvalue weighted by Gasteiger charge is 2.34. The summed E-state index contributed by atoms with van der Waals surface area (Å²) in [5.41, 5.74) is 0.276. The van der Waals surface area contributed by atoms with Gasteiger partial charge in [0, 0.05) is 24.7 Å². The summed E-state index contributed by atoms with van der Waals surface area (Å²) in [6.45, 7) is 4.65. The topological polar surface area (TPSA) is 139 Å². The summed E-state index contributed by atoms with van der Waals surface area (Å²) in [7, 11) is -2.83. The van der Waals surface area contributed by atoms with Crippen LogP contribution in [0.4, 0.5) is 11.4 Å². The number of nitrogens with zero attached hydrogens (tertiary/aromatic N) is 3. The van der Waals surface area contributed by atoms with Gasteiger partial charge in [-0.25, -0.2) is 8.42 Å². The van der Waals surface area contributed by atoms with Crippen LogP contribution in [-0.4, -0.2) is 55.8 Å².